The van der Waals surface area contributed by atoms with Crippen molar-refractivity contribution in [2.24, 2.45) is 10.9 Å². The molecule has 0 aromatic rings. The molecule has 0 radical (unpaired) electrons. The van der Waals surface area contributed by atoms with Crippen LogP contribution in [-0.2, 0) is 0 Å². The molecule has 1 aliphatic rings. The van der Waals surface area contributed by atoms with E-state index in [-0.39, 0.29) is 0 Å². The summed E-state index contributed by atoms with van der Waals surface area (Å²) < 4.78 is 0. The highest BCUT2D eigenvalue weighted by molar-refractivity contribution is 5.55. The zero-order chi connectivity index (χ0) is 10.2. The summed E-state index contributed by atoms with van der Waals surface area (Å²) in [7, 11) is 0. The minimum atomic E-state index is 0.854. The number of aliphatic imine (C=N–C) groups is 1. The van der Waals surface area contributed by atoms with Crippen LogP contribution < -0.4 is 0 Å². The van der Waals surface area contributed by atoms with E-state index in [0.29, 0.717) is 0 Å². The Labute approximate surface area is 88.4 Å². The topological polar surface area (TPSA) is 15.6 Å². The lowest BCUT2D eigenvalue weighted by Crippen LogP contribution is -2.23. The normalized spacial score (nSPS) is 17.5. The van der Waals surface area contributed by atoms with Crippen molar-refractivity contribution in [1.29, 1.82) is 0 Å². The van der Waals surface area contributed by atoms with Crippen molar-refractivity contribution in [3.05, 3.63) is 0 Å². The predicted molar refractivity (Wildman–Crippen MR) is 62.9 cm³/mol. The van der Waals surface area contributed by atoms with Crippen LogP contribution in [0.25, 0.3) is 0 Å². The van der Waals surface area contributed by atoms with E-state index in [4.69, 9.17) is 0 Å². The average molecular weight is 196 g/mol. The zero-order valence-electron chi connectivity index (χ0n) is 9.71. The summed E-state index contributed by atoms with van der Waals surface area (Å²) >= 11 is 0. The van der Waals surface area contributed by atoms with Crippen LogP contribution in [0, 0.1) is 5.92 Å². The van der Waals surface area contributed by atoms with Gasteiger partial charge in [0.25, 0.3) is 0 Å². The third kappa shape index (κ3) is 5.25. The van der Waals surface area contributed by atoms with E-state index in [1.54, 1.807) is 0 Å². The van der Waals surface area contributed by atoms with Crippen molar-refractivity contribution in [2.45, 2.75) is 46.0 Å². The quantitative estimate of drug-likeness (QED) is 0.617. The molecule has 1 aliphatic heterocycles. The van der Waals surface area contributed by atoms with Crippen LogP contribution in [0.3, 0.4) is 0 Å². The van der Waals surface area contributed by atoms with Gasteiger partial charge in [-0.1, -0.05) is 26.7 Å². The molecule has 2 nitrogen and oxygen atoms in total. The van der Waals surface area contributed by atoms with Crippen LogP contribution >= 0.6 is 0 Å². The third-order valence-electron chi connectivity index (χ3n) is 2.70. The first-order valence-corrected chi connectivity index (χ1v) is 6.03. The molecule has 1 rings (SSSR count). The van der Waals surface area contributed by atoms with Crippen molar-refractivity contribution < 1.29 is 0 Å². The Balaban J connectivity index is 2.04. The van der Waals surface area contributed by atoms with Crippen LogP contribution in [0.2, 0.25) is 0 Å². The molecule has 2 heteroatoms. The Kier molecular flexibility index (Phi) is 5.65. The Morgan fingerprint density at radius 3 is 2.93 bits per heavy atom. The average Bonchev–Trinajstić information content (AvgIpc) is 2.40. The van der Waals surface area contributed by atoms with E-state index in [2.05, 4.69) is 30.1 Å². The Bertz CT molecular complexity index is 164. The smallest absolute Gasteiger partial charge is 0.0849 e. The van der Waals surface area contributed by atoms with Crippen LogP contribution in [0.15, 0.2) is 4.99 Å². The van der Waals surface area contributed by atoms with Gasteiger partial charge >= 0.3 is 0 Å². The monoisotopic (exact) mass is 196 g/mol. The fourth-order valence-electron chi connectivity index (χ4n) is 1.79. The van der Waals surface area contributed by atoms with E-state index < -0.39 is 0 Å². The molecule has 0 atom stereocenters. The molecule has 1 heterocycles. The number of rotatable bonds is 5. The largest absolute Gasteiger partial charge is 0.363 e. The lowest BCUT2D eigenvalue weighted by Gasteiger charge is -2.17. The highest BCUT2D eigenvalue weighted by atomic mass is 15.1. The SMILES string of the molecule is CC(C)CCCCN1C=NCCCC1. The fraction of sp³-hybridized carbons (Fsp3) is 0.917. The van der Waals surface area contributed by atoms with E-state index in [9.17, 15) is 0 Å². The van der Waals surface area contributed by atoms with E-state index in [1.807, 2.05) is 0 Å². The van der Waals surface area contributed by atoms with Gasteiger partial charge in [-0.05, 0) is 25.2 Å². The molecule has 0 amide bonds. The molecule has 0 saturated carbocycles. The van der Waals surface area contributed by atoms with Gasteiger partial charge in [-0.15, -0.1) is 0 Å². The summed E-state index contributed by atoms with van der Waals surface area (Å²) in [6, 6.07) is 0. The van der Waals surface area contributed by atoms with Gasteiger partial charge in [-0.3, -0.25) is 4.99 Å². The first-order chi connectivity index (χ1) is 6.79. The zero-order valence-corrected chi connectivity index (χ0v) is 9.71. The summed E-state index contributed by atoms with van der Waals surface area (Å²) in [6.07, 6.45) is 8.68. The summed E-state index contributed by atoms with van der Waals surface area (Å²) in [5.74, 6) is 0.854. The van der Waals surface area contributed by atoms with Gasteiger partial charge in [0.15, 0.2) is 0 Å². The van der Waals surface area contributed by atoms with Crippen LogP contribution in [0.1, 0.15) is 46.0 Å². The molecule has 0 fully saturated rings. The minimum absolute atomic E-state index is 0.854. The van der Waals surface area contributed by atoms with Gasteiger partial charge in [0, 0.05) is 19.6 Å². The van der Waals surface area contributed by atoms with Gasteiger partial charge in [-0.2, -0.15) is 0 Å². The van der Waals surface area contributed by atoms with Crippen molar-refractivity contribution in [2.75, 3.05) is 19.6 Å². The first-order valence-electron chi connectivity index (χ1n) is 6.03. The maximum Gasteiger partial charge on any atom is 0.0849 e. The summed E-state index contributed by atoms with van der Waals surface area (Å²) in [5.41, 5.74) is 0. The fourth-order valence-corrected chi connectivity index (χ4v) is 1.79. The summed E-state index contributed by atoms with van der Waals surface area (Å²) in [5, 5.41) is 0. The molecule has 0 aromatic carbocycles. The van der Waals surface area contributed by atoms with Crippen LogP contribution in [0.5, 0.6) is 0 Å². The third-order valence-corrected chi connectivity index (χ3v) is 2.70. The second kappa shape index (κ2) is 6.86. The number of unbranched alkanes of at least 4 members (excludes halogenated alkanes) is 1. The molecule has 0 aliphatic carbocycles. The van der Waals surface area contributed by atoms with E-state index >= 15 is 0 Å². The molecule has 0 bridgehead atoms. The van der Waals surface area contributed by atoms with Crippen LogP contribution in [-0.4, -0.2) is 30.9 Å². The second-order valence-electron chi connectivity index (χ2n) is 4.65. The Hall–Kier alpha value is -0.530. The number of hydrogen-bond acceptors (Lipinski definition) is 2. The molecule has 0 spiro atoms. The lowest BCUT2D eigenvalue weighted by molar-refractivity contribution is 0.400. The molecule has 0 N–H and O–H groups in total. The van der Waals surface area contributed by atoms with Crippen LogP contribution in [0.4, 0.5) is 0 Å². The standard InChI is InChI=1S/C12H24N2/c1-12(2)7-3-5-9-14-10-6-4-8-13-11-14/h11-12H,3-10H2,1-2H3. The van der Waals surface area contributed by atoms with E-state index in [0.717, 1.165) is 12.5 Å². The lowest BCUT2D eigenvalue weighted by atomic mass is 10.1. The van der Waals surface area contributed by atoms with Gasteiger partial charge in [0.1, 0.15) is 0 Å². The summed E-state index contributed by atoms with van der Waals surface area (Å²) in [4.78, 5) is 6.75. The summed E-state index contributed by atoms with van der Waals surface area (Å²) in [6.45, 7) is 8.05. The van der Waals surface area contributed by atoms with Gasteiger partial charge in [-0.25, -0.2) is 0 Å². The molecular weight excluding hydrogens is 172 g/mol. The van der Waals surface area contributed by atoms with Crippen molar-refractivity contribution in [1.82, 2.24) is 4.90 Å². The van der Waals surface area contributed by atoms with Crippen molar-refractivity contribution in [3.63, 3.8) is 0 Å². The maximum absolute atomic E-state index is 4.37. The molecule has 14 heavy (non-hydrogen) atoms. The van der Waals surface area contributed by atoms with Gasteiger partial charge in [0.2, 0.25) is 0 Å². The highest BCUT2D eigenvalue weighted by Crippen LogP contribution is 2.07. The van der Waals surface area contributed by atoms with Crippen molar-refractivity contribution in [3.8, 4) is 0 Å². The molecular formula is C12H24N2. The molecule has 0 unspecified atom stereocenters. The Morgan fingerprint density at radius 1 is 1.29 bits per heavy atom. The molecule has 0 saturated heterocycles. The van der Waals surface area contributed by atoms with Gasteiger partial charge < -0.3 is 4.90 Å². The molecule has 82 valence electrons. The van der Waals surface area contributed by atoms with E-state index in [1.165, 1.54) is 45.2 Å². The predicted octanol–water partition coefficient (Wildman–Crippen LogP) is 2.94. The second-order valence-corrected chi connectivity index (χ2v) is 4.65. The van der Waals surface area contributed by atoms with Gasteiger partial charge in [0.05, 0.1) is 6.34 Å². The van der Waals surface area contributed by atoms with Crippen molar-refractivity contribution >= 4 is 6.34 Å². The minimum Gasteiger partial charge on any atom is -0.363 e. The number of nitrogens with zero attached hydrogens (tertiary/aromatic N) is 2. The Morgan fingerprint density at radius 2 is 2.14 bits per heavy atom. The first kappa shape index (κ1) is 11.5. The maximum atomic E-state index is 4.37. The molecule has 0 aromatic heterocycles. The highest BCUT2D eigenvalue weighted by Gasteiger charge is 2.03. The number of hydrogen-bond donors (Lipinski definition) is 0.